The molecule has 4 heteroatoms. The maximum atomic E-state index is 12.0. The van der Waals surface area contributed by atoms with Gasteiger partial charge in [-0.15, -0.1) is 0 Å². The fraction of sp³-hybridized carbons (Fsp3) is 0.533. The third kappa shape index (κ3) is 4.24. The van der Waals surface area contributed by atoms with Crippen LogP contribution >= 0.6 is 0 Å². The molecule has 0 saturated heterocycles. The minimum atomic E-state index is -0.187. The zero-order valence-corrected chi connectivity index (χ0v) is 12.1. The van der Waals surface area contributed by atoms with Crippen molar-refractivity contribution in [3.05, 3.63) is 29.8 Å². The Morgan fingerprint density at radius 2 is 2.11 bits per heavy atom. The molecule has 3 N–H and O–H groups in total. The number of hydrogen-bond acceptors (Lipinski definition) is 3. The van der Waals surface area contributed by atoms with Crippen molar-refractivity contribution in [2.45, 2.75) is 33.2 Å². The Morgan fingerprint density at radius 1 is 1.42 bits per heavy atom. The monoisotopic (exact) mass is 263 g/mol. The van der Waals surface area contributed by atoms with Crippen molar-refractivity contribution in [2.75, 3.05) is 24.5 Å². The second kappa shape index (κ2) is 7.79. The molecule has 0 heterocycles. The van der Waals surface area contributed by atoms with E-state index in [0.717, 1.165) is 18.7 Å². The highest BCUT2D eigenvalue weighted by Gasteiger charge is 2.21. The molecule has 1 amide bonds. The topological polar surface area (TPSA) is 58.4 Å². The molecule has 0 aliphatic rings. The highest BCUT2D eigenvalue weighted by atomic mass is 16.2. The third-order valence-corrected chi connectivity index (χ3v) is 3.23. The predicted molar refractivity (Wildman–Crippen MR) is 80.3 cm³/mol. The van der Waals surface area contributed by atoms with Crippen LogP contribution in [0.25, 0.3) is 0 Å². The number of rotatable bonds is 7. The SMILES string of the molecule is CCNC(=O)C(C)N(CCCN)c1ccccc1C. The lowest BCUT2D eigenvalue weighted by atomic mass is 10.1. The lowest BCUT2D eigenvalue weighted by Crippen LogP contribution is -2.46. The van der Waals surface area contributed by atoms with Crippen molar-refractivity contribution in [3.8, 4) is 0 Å². The first-order valence-electron chi connectivity index (χ1n) is 6.91. The first kappa shape index (κ1) is 15.5. The molecule has 0 aromatic heterocycles. The van der Waals surface area contributed by atoms with Crippen LogP contribution in [0, 0.1) is 6.92 Å². The molecule has 0 saturated carbocycles. The number of aryl methyl sites for hydroxylation is 1. The van der Waals surface area contributed by atoms with Crippen molar-refractivity contribution < 1.29 is 4.79 Å². The molecule has 1 aromatic carbocycles. The average molecular weight is 263 g/mol. The second-order valence-corrected chi connectivity index (χ2v) is 4.69. The molecule has 19 heavy (non-hydrogen) atoms. The summed E-state index contributed by atoms with van der Waals surface area (Å²) in [5.41, 5.74) is 7.88. The summed E-state index contributed by atoms with van der Waals surface area (Å²) < 4.78 is 0. The van der Waals surface area contributed by atoms with Gasteiger partial charge in [0.15, 0.2) is 0 Å². The molecule has 0 radical (unpaired) electrons. The van der Waals surface area contributed by atoms with Crippen molar-refractivity contribution >= 4 is 11.6 Å². The molecule has 1 atom stereocenters. The number of hydrogen-bond donors (Lipinski definition) is 2. The average Bonchev–Trinajstić information content (AvgIpc) is 2.41. The number of nitrogens with two attached hydrogens (primary N) is 1. The van der Waals surface area contributed by atoms with E-state index in [9.17, 15) is 4.79 Å². The third-order valence-electron chi connectivity index (χ3n) is 3.23. The van der Waals surface area contributed by atoms with Gasteiger partial charge in [-0.25, -0.2) is 0 Å². The molecule has 1 unspecified atom stereocenters. The first-order chi connectivity index (χ1) is 9.11. The Morgan fingerprint density at radius 3 is 2.68 bits per heavy atom. The van der Waals surface area contributed by atoms with E-state index < -0.39 is 0 Å². The number of carbonyl (C=O) groups is 1. The molecular weight excluding hydrogens is 238 g/mol. The van der Waals surface area contributed by atoms with Gasteiger partial charge in [-0.05, 0) is 45.4 Å². The fourth-order valence-corrected chi connectivity index (χ4v) is 2.13. The van der Waals surface area contributed by atoms with E-state index in [0.29, 0.717) is 13.1 Å². The van der Waals surface area contributed by atoms with Gasteiger partial charge in [-0.2, -0.15) is 0 Å². The number of para-hydroxylation sites is 1. The molecule has 0 spiro atoms. The minimum absolute atomic E-state index is 0.0581. The number of anilines is 1. The number of amides is 1. The highest BCUT2D eigenvalue weighted by molar-refractivity contribution is 5.85. The molecule has 0 fully saturated rings. The Hall–Kier alpha value is -1.55. The number of likely N-dealkylation sites (N-methyl/N-ethyl adjacent to an activating group) is 1. The Bertz CT molecular complexity index is 406. The van der Waals surface area contributed by atoms with Crippen LogP contribution in [-0.4, -0.2) is 31.6 Å². The first-order valence-corrected chi connectivity index (χ1v) is 6.91. The minimum Gasteiger partial charge on any atom is -0.360 e. The Labute approximate surface area is 116 Å². The summed E-state index contributed by atoms with van der Waals surface area (Å²) in [5.74, 6) is 0.0581. The van der Waals surface area contributed by atoms with E-state index >= 15 is 0 Å². The standard InChI is InChI=1S/C15H25N3O/c1-4-17-15(19)13(3)18(11-7-10-16)14-9-6-5-8-12(14)2/h5-6,8-9,13H,4,7,10-11,16H2,1-3H3,(H,17,19). The van der Waals surface area contributed by atoms with Crippen molar-refractivity contribution in [1.29, 1.82) is 0 Å². The van der Waals surface area contributed by atoms with Gasteiger partial charge in [0, 0.05) is 18.8 Å². The van der Waals surface area contributed by atoms with Crippen LogP contribution in [0.1, 0.15) is 25.8 Å². The smallest absolute Gasteiger partial charge is 0.242 e. The number of nitrogens with zero attached hydrogens (tertiary/aromatic N) is 1. The van der Waals surface area contributed by atoms with Crippen LogP contribution in [0.5, 0.6) is 0 Å². The van der Waals surface area contributed by atoms with Crippen LogP contribution < -0.4 is 16.0 Å². The molecule has 1 aromatic rings. The zero-order valence-electron chi connectivity index (χ0n) is 12.1. The number of benzene rings is 1. The summed E-state index contributed by atoms with van der Waals surface area (Å²) in [4.78, 5) is 14.2. The lowest BCUT2D eigenvalue weighted by molar-refractivity contribution is -0.121. The van der Waals surface area contributed by atoms with E-state index in [-0.39, 0.29) is 11.9 Å². The maximum absolute atomic E-state index is 12.0. The second-order valence-electron chi connectivity index (χ2n) is 4.69. The highest BCUT2D eigenvalue weighted by Crippen LogP contribution is 2.22. The van der Waals surface area contributed by atoms with Gasteiger partial charge in [0.25, 0.3) is 0 Å². The predicted octanol–water partition coefficient (Wildman–Crippen LogP) is 1.67. The van der Waals surface area contributed by atoms with Crippen molar-refractivity contribution in [2.24, 2.45) is 5.73 Å². The normalized spacial score (nSPS) is 12.0. The Kier molecular flexibility index (Phi) is 6.36. The van der Waals surface area contributed by atoms with Crippen LogP contribution in [0.2, 0.25) is 0 Å². The number of nitrogens with one attached hydrogen (secondary N) is 1. The van der Waals surface area contributed by atoms with Gasteiger partial charge < -0.3 is 16.0 Å². The van der Waals surface area contributed by atoms with Gasteiger partial charge in [-0.3, -0.25) is 4.79 Å². The van der Waals surface area contributed by atoms with E-state index in [2.05, 4.69) is 29.3 Å². The van der Waals surface area contributed by atoms with Crippen molar-refractivity contribution in [3.63, 3.8) is 0 Å². The molecular formula is C15H25N3O. The molecule has 1 rings (SSSR count). The van der Waals surface area contributed by atoms with Gasteiger partial charge in [0.2, 0.25) is 5.91 Å². The summed E-state index contributed by atoms with van der Waals surface area (Å²) in [6.45, 7) is 8.01. The van der Waals surface area contributed by atoms with E-state index in [1.54, 1.807) is 0 Å². The van der Waals surface area contributed by atoms with Gasteiger partial charge in [0.1, 0.15) is 6.04 Å². The lowest BCUT2D eigenvalue weighted by Gasteiger charge is -2.31. The van der Waals surface area contributed by atoms with Crippen LogP contribution in [0.15, 0.2) is 24.3 Å². The maximum Gasteiger partial charge on any atom is 0.242 e. The van der Waals surface area contributed by atoms with Gasteiger partial charge in [0.05, 0.1) is 0 Å². The van der Waals surface area contributed by atoms with Gasteiger partial charge >= 0.3 is 0 Å². The van der Waals surface area contributed by atoms with E-state index in [1.807, 2.05) is 26.0 Å². The summed E-state index contributed by atoms with van der Waals surface area (Å²) in [6.07, 6.45) is 0.873. The summed E-state index contributed by atoms with van der Waals surface area (Å²) in [6, 6.07) is 7.95. The number of carbonyl (C=O) groups excluding carboxylic acids is 1. The summed E-state index contributed by atoms with van der Waals surface area (Å²) >= 11 is 0. The quantitative estimate of drug-likeness (QED) is 0.787. The fourth-order valence-electron chi connectivity index (χ4n) is 2.13. The molecule has 0 bridgehead atoms. The molecule has 0 aliphatic heterocycles. The van der Waals surface area contributed by atoms with E-state index in [4.69, 9.17) is 5.73 Å². The van der Waals surface area contributed by atoms with Crippen LogP contribution in [-0.2, 0) is 4.79 Å². The largest absolute Gasteiger partial charge is 0.360 e. The molecule has 0 aliphatic carbocycles. The summed E-state index contributed by atoms with van der Waals surface area (Å²) in [7, 11) is 0. The van der Waals surface area contributed by atoms with Crippen LogP contribution in [0.4, 0.5) is 5.69 Å². The molecule has 106 valence electrons. The van der Waals surface area contributed by atoms with Gasteiger partial charge in [-0.1, -0.05) is 18.2 Å². The van der Waals surface area contributed by atoms with E-state index in [1.165, 1.54) is 5.56 Å². The molecule has 4 nitrogen and oxygen atoms in total. The Balaban J connectivity index is 2.94. The zero-order chi connectivity index (χ0) is 14.3. The summed E-state index contributed by atoms with van der Waals surface area (Å²) in [5, 5.41) is 2.88. The van der Waals surface area contributed by atoms with Crippen molar-refractivity contribution in [1.82, 2.24) is 5.32 Å². The van der Waals surface area contributed by atoms with Crippen LogP contribution in [0.3, 0.4) is 0 Å².